The number of hydrogen-bond donors (Lipinski definition) is 0. The Morgan fingerprint density at radius 1 is 1.00 bits per heavy atom. The van der Waals surface area contributed by atoms with E-state index < -0.39 is 18.4 Å². The lowest BCUT2D eigenvalue weighted by atomic mass is 10.1. The molecule has 0 saturated heterocycles. The summed E-state index contributed by atoms with van der Waals surface area (Å²) in [5.74, 6) is 0.0587. The minimum Gasteiger partial charge on any atom is -0.434 e. The first-order valence-corrected chi connectivity index (χ1v) is 7.13. The van der Waals surface area contributed by atoms with Crippen molar-refractivity contribution in [2.45, 2.75) is 25.9 Å². The summed E-state index contributed by atoms with van der Waals surface area (Å²) in [6.07, 6.45) is -4.40. The largest absolute Gasteiger partial charge is 0.434 e. The van der Waals surface area contributed by atoms with Crippen molar-refractivity contribution in [1.82, 2.24) is 4.90 Å². The molecular weight excluding hydrogens is 329 g/mol. The highest BCUT2D eigenvalue weighted by Crippen LogP contribution is 2.30. The van der Waals surface area contributed by atoms with Crippen LogP contribution < -0.4 is 4.74 Å². The van der Waals surface area contributed by atoms with Crippen molar-refractivity contribution in [3.63, 3.8) is 0 Å². The van der Waals surface area contributed by atoms with Gasteiger partial charge in [0.05, 0.1) is 5.56 Å². The van der Waals surface area contributed by atoms with Crippen LogP contribution in [0.3, 0.4) is 0 Å². The Hall–Kier alpha value is -2.15. The fourth-order valence-corrected chi connectivity index (χ4v) is 2.35. The zero-order valence-electron chi connectivity index (χ0n) is 12.9. The summed E-state index contributed by atoms with van der Waals surface area (Å²) in [7, 11) is 1.69. The van der Waals surface area contributed by atoms with Gasteiger partial charge in [-0.3, -0.25) is 4.90 Å². The van der Waals surface area contributed by atoms with Gasteiger partial charge in [-0.15, -0.1) is 0 Å². The normalized spacial score (nSPS) is 12.0. The molecule has 0 aliphatic carbocycles. The highest BCUT2D eigenvalue weighted by atomic mass is 19.4. The predicted molar refractivity (Wildman–Crippen MR) is 79.7 cm³/mol. The molecule has 2 rings (SSSR count). The van der Waals surface area contributed by atoms with E-state index in [1.807, 2.05) is 0 Å². The van der Waals surface area contributed by atoms with Gasteiger partial charge in [-0.25, -0.2) is 0 Å². The SMILES string of the molecule is CN(Cc1cccc(C(F)(F)F)c1)Cc1ccccc1OC(F)F. The maximum atomic E-state index is 12.7. The fourth-order valence-electron chi connectivity index (χ4n) is 2.35. The summed E-state index contributed by atoms with van der Waals surface area (Å²) in [4.78, 5) is 1.73. The van der Waals surface area contributed by atoms with Crippen molar-refractivity contribution < 1.29 is 26.7 Å². The minimum atomic E-state index is -4.40. The lowest BCUT2D eigenvalue weighted by Crippen LogP contribution is -2.18. The molecule has 0 heterocycles. The van der Waals surface area contributed by atoms with Gasteiger partial charge in [0.15, 0.2) is 0 Å². The van der Waals surface area contributed by atoms with Crippen molar-refractivity contribution in [2.75, 3.05) is 7.05 Å². The molecule has 2 aromatic rings. The van der Waals surface area contributed by atoms with E-state index in [1.54, 1.807) is 36.2 Å². The molecule has 0 bridgehead atoms. The highest BCUT2D eigenvalue weighted by Gasteiger charge is 2.30. The van der Waals surface area contributed by atoms with Crippen LogP contribution in [0.25, 0.3) is 0 Å². The van der Waals surface area contributed by atoms with E-state index in [1.165, 1.54) is 12.1 Å². The monoisotopic (exact) mass is 345 g/mol. The van der Waals surface area contributed by atoms with E-state index in [2.05, 4.69) is 4.74 Å². The Kier molecular flexibility index (Phi) is 5.77. The van der Waals surface area contributed by atoms with Gasteiger partial charge in [0.25, 0.3) is 0 Å². The smallest absolute Gasteiger partial charge is 0.416 e. The number of rotatable bonds is 6. The first-order chi connectivity index (χ1) is 11.3. The number of benzene rings is 2. The van der Waals surface area contributed by atoms with E-state index in [0.717, 1.165) is 12.1 Å². The van der Waals surface area contributed by atoms with Crippen LogP contribution in [-0.4, -0.2) is 18.6 Å². The molecule has 0 fully saturated rings. The summed E-state index contributed by atoms with van der Waals surface area (Å²) in [5, 5.41) is 0. The standard InChI is InChI=1S/C17H16F5NO/c1-23(10-12-5-4-7-14(9-12)17(20,21)22)11-13-6-2-3-8-15(13)24-16(18)19/h2-9,16H,10-11H2,1H3. The van der Waals surface area contributed by atoms with Crippen molar-refractivity contribution in [3.05, 3.63) is 65.2 Å². The average Bonchev–Trinajstić information content (AvgIpc) is 2.48. The molecule has 7 heteroatoms. The summed E-state index contributed by atoms with van der Waals surface area (Å²) in [6, 6.07) is 11.4. The Morgan fingerprint density at radius 2 is 1.71 bits per heavy atom. The highest BCUT2D eigenvalue weighted by molar-refractivity contribution is 5.33. The molecule has 0 aliphatic rings. The molecule has 0 aliphatic heterocycles. The maximum absolute atomic E-state index is 12.7. The molecule has 2 aromatic carbocycles. The first kappa shape index (κ1) is 18.2. The molecule has 0 radical (unpaired) electrons. The predicted octanol–water partition coefficient (Wildman–Crippen LogP) is 4.94. The molecule has 0 aromatic heterocycles. The van der Waals surface area contributed by atoms with Gasteiger partial charge in [0.2, 0.25) is 0 Å². The third-order valence-corrected chi connectivity index (χ3v) is 3.34. The van der Waals surface area contributed by atoms with Crippen LogP contribution in [0.5, 0.6) is 5.75 Å². The van der Waals surface area contributed by atoms with E-state index in [9.17, 15) is 22.0 Å². The van der Waals surface area contributed by atoms with Gasteiger partial charge in [-0.1, -0.05) is 36.4 Å². The van der Waals surface area contributed by atoms with Gasteiger partial charge >= 0.3 is 12.8 Å². The summed E-state index contributed by atoms with van der Waals surface area (Å²) >= 11 is 0. The Bertz CT molecular complexity index is 672. The zero-order chi connectivity index (χ0) is 17.7. The molecule has 0 N–H and O–H groups in total. The molecule has 130 valence electrons. The Balaban J connectivity index is 2.08. The van der Waals surface area contributed by atoms with Crippen LogP contribution in [0.4, 0.5) is 22.0 Å². The van der Waals surface area contributed by atoms with Crippen LogP contribution in [0.1, 0.15) is 16.7 Å². The topological polar surface area (TPSA) is 12.5 Å². The van der Waals surface area contributed by atoms with Gasteiger partial charge in [-0.2, -0.15) is 22.0 Å². The third-order valence-electron chi connectivity index (χ3n) is 3.34. The number of ether oxygens (including phenoxy) is 1. The van der Waals surface area contributed by atoms with Crippen molar-refractivity contribution in [1.29, 1.82) is 0 Å². The van der Waals surface area contributed by atoms with Crippen molar-refractivity contribution in [3.8, 4) is 5.75 Å². The van der Waals surface area contributed by atoms with E-state index in [-0.39, 0.29) is 18.8 Å². The lowest BCUT2D eigenvalue weighted by molar-refractivity contribution is -0.137. The molecule has 0 saturated carbocycles. The third kappa shape index (κ3) is 5.19. The second-order valence-electron chi connectivity index (χ2n) is 5.36. The van der Waals surface area contributed by atoms with Crippen molar-refractivity contribution >= 4 is 0 Å². The molecule has 0 atom stereocenters. The van der Waals surface area contributed by atoms with Crippen molar-refractivity contribution in [2.24, 2.45) is 0 Å². The number of alkyl halides is 5. The van der Waals surface area contributed by atoms with E-state index in [0.29, 0.717) is 11.1 Å². The quantitative estimate of drug-likeness (QED) is 0.688. The number of halogens is 5. The Morgan fingerprint density at radius 3 is 2.38 bits per heavy atom. The molecule has 0 unspecified atom stereocenters. The van der Waals surface area contributed by atoms with Gasteiger partial charge in [0.1, 0.15) is 5.75 Å². The second-order valence-corrected chi connectivity index (χ2v) is 5.36. The zero-order valence-corrected chi connectivity index (χ0v) is 12.9. The van der Waals surface area contributed by atoms with Crippen LogP contribution in [0.2, 0.25) is 0 Å². The van der Waals surface area contributed by atoms with Crippen LogP contribution in [0, 0.1) is 0 Å². The molecule has 0 amide bonds. The number of nitrogens with zero attached hydrogens (tertiary/aromatic N) is 1. The Labute approximate surface area is 136 Å². The summed E-state index contributed by atoms with van der Waals surface area (Å²) in [6.45, 7) is -2.42. The maximum Gasteiger partial charge on any atom is 0.416 e. The second kappa shape index (κ2) is 7.61. The van der Waals surface area contributed by atoms with Gasteiger partial charge in [-0.05, 0) is 24.7 Å². The lowest BCUT2D eigenvalue weighted by Gasteiger charge is -2.19. The van der Waals surface area contributed by atoms with Crippen LogP contribution in [-0.2, 0) is 19.3 Å². The molecule has 24 heavy (non-hydrogen) atoms. The number of hydrogen-bond acceptors (Lipinski definition) is 2. The minimum absolute atomic E-state index is 0.0587. The summed E-state index contributed by atoms with van der Waals surface area (Å²) < 4.78 is 67.4. The fraction of sp³-hybridized carbons (Fsp3) is 0.294. The summed E-state index contributed by atoms with van der Waals surface area (Å²) in [5.41, 5.74) is 0.307. The van der Waals surface area contributed by atoms with E-state index >= 15 is 0 Å². The molecular formula is C17H16F5NO. The number of para-hydroxylation sites is 1. The van der Waals surface area contributed by atoms with Crippen LogP contribution in [0.15, 0.2) is 48.5 Å². The molecule has 0 spiro atoms. The van der Waals surface area contributed by atoms with Crippen LogP contribution >= 0.6 is 0 Å². The molecule has 2 nitrogen and oxygen atoms in total. The van der Waals surface area contributed by atoms with Gasteiger partial charge in [0, 0.05) is 18.7 Å². The van der Waals surface area contributed by atoms with Gasteiger partial charge < -0.3 is 4.74 Å². The average molecular weight is 345 g/mol. The first-order valence-electron chi connectivity index (χ1n) is 7.13. The van der Waals surface area contributed by atoms with E-state index in [4.69, 9.17) is 0 Å².